The predicted octanol–water partition coefficient (Wildman–Crippen LogP) is 2.40. The lowest BCUT2D eigenvalue weighted by molar-refractivity contribution is -0.141. The van der Waals surface area contributed by atoms with E-state index in [-0.39, 0.29) is 41.7 Å². The summed E-state index contributed by atoms with van der Waals surface area (Å²) in [6, 6.07) is 7.14. The molecule has 2 amide bonds. The second kappa shape index (κ2) is 12.7. The van der Waals surface area contributed by atoms with Crippen LogP contribution in [0.4, 0.5) is 0 Å². The first kappa shape index (κ1) is 28.2. The number of rotatable bonds is 10. The first-order valence-electron chi connectivity index (χ1n) is 11.8. The van der Waals surface area contributed by atoms with Crippen molar-refractivity contribution in [2.45, 2.75) is 24.9 Å². The van der Waals surface area contributed by atoms with Crippen molar-refractivity contribution in [2.75, 3.05) is 42.1 Å². The zero-order chi connectivity index (χ0) is 27.8. The molecular weight excluding hydrogens is 496 g/mol. The molecule has 2 atom stereocenters. The minimum atomic E-state index is -0.513. The Hall–Kier alpha value is -4.41. The molecule has 1 heterocycles. The van der Waals surface area contributed by atoms with E-state index in [1.807, 2.05) is 0 Å². The summed E-state index contributed by atoms with van der Waals surface area (Å²) in [7, 11) is 7.07. The van der Waals surface area contributed by atoms with Crippen LogP contribution < -0.4 is 24.3 Å². The maximum Gasteiger partial charge on any atom is 0.307 e. The van der Waals surface area contributed by atoms with E-state index in [0.717, 1.165) is 5.56 Å². The van der Waals surface area contributed by atoms with Gasteiger partial charge in [0.25, 0.3) is 5.91 Å². The van der Waals surface area contributed by atoms with E-state index in [9.17, 15) is 19.5 Å². The minimum Gasteiger partial charge on any atom is -0.502 e. The molecule has 0 radical (unpaired) electrons. The Labute approximate surface area is 220 Å². The number of aromatic hydroxyl groups is 1. The van der Waals surface area contributed by atoms with Crippen LogP contribution in [0.3, 0.4) is 0 Å². The summed E-state index contributed by atoms with van der Waals surface area (Å²) < 4.78 is 25.6. The summed E-state index contributed by atoms with van der Waals surface area (Å²) in [5.41, 5.74) is 0.937. The Morgan fingerprint density at radius 1 is 0.947 bits per heavy atom. The minimum absolute atomic E-state index is 0.0392. The fraction of sp³-hybridized carbons (Fsp3) is 0.370. The Balaban J connectivity index is 1.76. The summed E-state index contributed by atoms with van der Waals surface area (Å²) in [6.07, 6.45) is 3.33. The molecule has 11 nitrogen and oxygen atoms in total. The van der Waals surface area contributed by atoms with Gasteiger partial charge in [0.05, 0.1) is 42.0 Å². The fourth-order valence-corrected chi connectivity index (χ4v) is 4.30. The van der Waals surface area contributed by atoms with Crippen LogP contribution in [0, 0.1) is 0 Å². The highest BCUT2D eigenvalue weighted by atomic mass is 16.5. The van der Waals surface area contributed by atoms with Crippen LogP contribution in [0.5, 0.6) is 28.7 Å². The van der Waals surface area contributed by atoms with Gasteiger partial charge in [-0.15, -0.1) is 0 Å². The number of amides is 2. The topological polar surface area (TPSA) is 133 Å². The zero-order valence-electron chi connectivity index (χ0n) is 22.0. The second-order valence-corrected chi connectivity index (χ2v) is 8.51. The van der Waals surface area contributed by atoms with Crippen molar-refractivity contribution >= 4 is 23.9 Å². The number of nitrogens with one attached hydrogen (secondary N) is 1. The van der Waals surface area contributed by atoms with Crippen LogP contribution in [-0.2, 0) is 14.3 Å². The number of nitrogens with zero attached hydrogens (tertiary/aromatic N) is 1. The third-order valence-electron chi connectivity index (χ3n) is 6.21. The molecule has 1 saturated heterocycles. The number of methoxy groups -OCH3 is 5. The number of ether oxygens (including phenoxy) is 5. The van der Waals surface area contributed by atoms with E-state index in [0.29, 0.717) is 17.9 Å². The monoisotopic (exact) mass is 528 g/mol. The summed E-state index contributed by atoms with van der Waals surface area (Å²) in [4.78, 5) is 39.7. The van der Waals surface area contributed by atoms with Gasteiger partial charge in [-0.2, -0.15) is 0 Å². The van der Waals surface area contributed by atoms with Crippen molar-refractivity contribution in [3.05, 3.63) is 47.5 Å². The number of hydrogen-bond donors (Lipinski definition) is 2. The predicted molar refractivity (Wildman–Crippen MR) is 138 cm³/mol. The molecule has 1 aliphatic rings. The Morgan fingerprint density at radius 2 is 1.58 bits per heavy atom. The van der Waals surface area contributed by atoms with Gasteiger partial charge in [-0.1, -0.05) is 6.07 Å². The van der Waals surface area contributed by atoms with Gasteiger partial charge in [-0.25, -0.2) is 0 Å². The van der Waals surface area contributed by atoms with Crippen LogP contribution in [-0.4, -0.2) is 82.0 Å². The fourth-order valence-electron chi connectivity index (χ4n) is 4.30. The Bertz CT molecular complexity index is 1190. The average molecular weight is 529 g/mol. The summed E-state index contributed by atoms with van der Waals surface area (Å²) in [5, 5.41) is 13.1. The summed E-state index contributed by atoms with van der Waals surface area (Å²) in [5.74, 6) is -0.224. The smallest absolute Gasteiger partial charge is 0.307 e. The van der Waals surface area contributed by atoms with Crippen LogP contribution in [0.25, 0.3) is 6.08 Å². The lowest BCUT2D eigenvalue weighted by Gasteiger charge is -2.24. The third-order valence-corrected chi connectivity index (χ3v) is 6.21. The molecule has 204 valence electrons. The van der Waals surface area contributed by atoms with E-state index in [1.54, 1.807) is 31.4 Å². The molecule has 0 aromatic heterocycles. The molecule has 2 aromatic carbocycles. The van der Waals surface area contributed by atoms with E-state index in [1.165, 1.54) is 51.5 Å². The van der Waals surface area contributed by atoms with Crippen molar-refractivity contribution < 1.29 is 43.2 Å². The molecule has 0 aliphatic carbocycles. The highest BCUT2D eigenvalue weighted by Crippen LogP contribution is 2.38. The SMILES string of the molecule is COC(=O)C[C@@H]1C[C@@H](NC(=O)/C=C/c2ccc(OC)c(OC)c2)CN1C(=O)c1cc(OC)c(O)c(OC)c1. The lowest BCUT2D eigenvalue weighted by Crippen LogP contribution is -2.39. The van der Waals surface area contributed by atoms with Gasteiger partial charge in [-0.3, -0.25) is 14.4 Å². The molecular formula is C27H32N2O9. The van der Waals surface area contributed by atoms with Gasteiger partial charge in [-0.05, 0) is 42.3 Å². The average Bonchev–Trinajstić information content (AvgIpc) is 3.32. The molecule has 0 saturated carbocycles. The van der Waals surface area contributed by atoms with Gasteiger partial charge < -0.3 is 39.0 Å². The van der Waals surface area contributed by atoms with E-state index < -0.39 is 24.0 Å². The molecule has 1 aliphatic heterocycles. The normalized spacial score (nSPS) is 16.7. The van der Waals surface area contributed by atoms with E-state index >= 15 is 0 Å². The highest BCUT2D eigenvalue weighted by molar-refractivity contribution is 5.97. The lowest BCUT2D eigenvalue weighted by atomic mass is 10.1. The number of carbonyl (C=O) groups excluding carboxylic acids is 3. The highest BCUT2D eigenvalue weighted by Gasteiger charge is 2.38. The third kappa shape index (κ3) is 6.47. The molecule has 0 bridgehead atoms. The first-order valence-corrected chi connectivity index (χ1v) is 11.8. The van der Waals surface area contributed by atoms with Crippen molar-refractivity contribution in [1.29, 1.82) is 0 Å². The molecule has 0 unspecified atom stereocenters. The van der Waals surface area contributed by atoms with Gasteiger partial charge in [0.2, 0.25) is 11.7 Å². The number of benzene rings is 2. The number of phenolic OH excluding ortho intramolecular Hbond substituents is 1. The molecule has 3 rings (SSSR count). The molecule has 1 fully saturated rings. The number of carbonyl (C=O) groups is 3. The van der Waals surface area contributed by atoms with Crippen molar-refractivity contribution in [1.82, 2.24) is 10.2 Å². The van der Waals surface area contributed by atoms with Crippen molar-refractivity contribution in [2.24, 2.45) is 0 Å². The van der Waals surface area contributed by atoms with Gasteiger partial charge >= 0.3 is 5.97 Å². The maximum absolute atomic E-state index is 13.5. The zero-order valence-corrected chi connectivity index (χ0v) is 22.0. The number of phenols is 1. The van der Waals surface area contributed by atoms with Crippen LogP contribution in [0.1, 0.15) is 28.8 Å². The Kier molecular flexibility index (Phi) is 9.42. The van der Waals surface area contributed by atoms with Crippen molar-refractivity contribution in [3.63, 3.8) is 0 Å². The largest absolute Gasteiger partial charge is 0.502 e. The molecule has 38 heavy (non-hydrogen) atoms. The first-order chi connectivity index (χ1) is 18.2. The standard InChI is InChI=1S/C27H32N2O9/c1-34-20-8-6-16(10-21(20)35-2)7-9-24(30)28-18-13-19(14-25(31)38-5)29(15-18)27(33)17-11-22(36-3)26(32)23(12-17)37-4/h6-12,18-19,32H,13-15H2,1-5H3,(H,28,30)/b9-7+/t18-,19+/m1/s1. The maximum atomic E-state index is 13.5. The second-order valence-electron chi connectivity index (χ2n) is 8.51. The van der Waals surface area contributed by atoms with Crippen LogP contribution >= 0.6 is 0 Å². The molecule has 0 spiro atoms. The van der Waals surface area contributed by atoms with E-state index in [4.69, 9.17) is 23.7 Å². The van der Waals surface area contributed by atoms with Crippen molar-refractivity contribution in [3.8, 4) is 28.7 Å². The summed E-state index contributed by atoms with van der Waals surface area (Å²) >= 11 is 0. The van der Waals surface area contributed by atoms with Gasteiger partial charge in [0, 0.05) is 30.3 Å². The molecule has 11 heteroatoms. The number of esters is 1. The number of hydrogen-bond acceptors (Lipinski definition) is 9. The summed E-state index contributed by atoms with van der Waals surface area (Å²) in [6.45, 7) is 0.169. The van der Waals surface area contributed by atoms with Crippen LogP contribution in [0.15, 0.2) is 36.4 Å². The van der Waals surface area contributed by atoms with Gasteiger partial charge in [0.15, 0.2) is 23.0 Å². The number of likely N-dealkylation sites (tertiary alicyclic amines) is 1. The Morgan fingerprint density at radius 3 is 2.16 bits per heavy atom. The van der Waals surface area contributed by atoms with Crippen LogP contribution in [0.2, 0.25) is 0 Å². The van der Waals surface area contributed by atoms with Gasteiger partial charge in [0.1, 0.15) is 0 Å². The quantitative estimate of drug-likeness (QED) is 0.352. The van der Waals surface area contributed by atoms with E-state index in [2.05, 4.69) is 5.32 Å². The molecule has 2 aromatic rings. The molecule has 2 N–H and O–H groups in total.